The highest BCUT2D eigenvalue weighted by molar-refractivity contribution is 5.36. The Labute approximate surface area is 116 Å². The molecule has 1 aliphatic carbocycles. The molecule has 0 bridgehead atoms. The monoisotopic (exact) mass is 263 g/mol. The molecule has 2 rings (SSSR count). The van der Waals surface area contributed by atoms with Crippen LogP contribution in [0, 0.1) is 0 Å². The SMILES string of the molecule is CNC1c2ccccc2C(C)CC1OCCCOC. The van der Waals surface area contributed by atoms with Gasteiger partial charge < -0.3 is 14.8 Å². The lowest BCUT2D eigenvalue weighted by atomic mass is 9.79. The number of nitrogens with one attached hydrogen (secondary N) is 1. The molecule has 1 aromatic carbocycles. The summed E-state index contributed by atoms with van der Waals surface area (Å²) < 4.78 is 11.1. The van der Waals surface area contributed by atoms with Crippen molar-refractivity contribution in [2.24, 2.45) is 0 Å². The van der Waals surface area contributed by atoms with Crippen molar-refractivity contribution in [3.05, 3.63) is 35.4 Å². The first-order valence-corrected chi connectivity index (χ1v) is 7.14. The predicted molar refractivity (Wildman–Crippen MR) is 77.5 cm³/mol. The van der Waals surface area contributed by atoms with E-state index in [9.17, 15) is 0 Å². The van der Waals surface area contributed by atoms with Gasteiger partial charge in [0.2, 0.25) is 0 Å². The van der Waals surface area contributed by atoms with Crippen LogP contribution in [-0.4, -0.2) is 33.5 Å². The van der Waals surface area contributed by atoms with Gasteiger partial charge in [-0.3, -0.25) is 0 Å². The van der Waals surface area contributed by atoms with Gasteiger partial charge in [-0.05, 0) is 36.9 Å². The largest absolute Gasteiger partial charge is 0.385 e. The zero-order valence-electron chi connectivity index (χ0n) is 12.2. The number of ether oxygens (including phenoxy) is 2. The van der Waals surface area contributed by atoms with Crippen LogP contribution in [0.1, 0.15) is 42.9 Å². The smallest absolute Gasteiger partial charge is 0.0775 e. The normalized spacial score (nSPS) is 26.2. The highest BCUT2D eigenvalue weighted by Crippen LogP contribution is 2.38. The topological polar surface area (TPSA) is 30.5 Å². The average Bonchev–Trinajstić information content (AvgIpc) is 2.44. The molecule has 1 aromatic rings. The van der Waals surface area contributed by atoms with E-state index >= 15 is 0 Å². The van der Waals surface area contributed by atoms with Crippen molar-refractivity contribution in [2.75, 3.05) is 27.4 Å². The molecule has 0 saturated carbocycles. The lowest BCUT2D eigenvalue weighted by molar-refractivity contribution is 0.00398. The molecule has 1 aliphatic rings. The highest BCUT2D eigenvalue weighted by atomic mass is 16.5. The summed E-state index contributed by atoms with van der Waals surface area (Å²) in [6.45, 7) is 3.82. The summed E-state index contributed by atoms with van der Waals surface area (Å²) in [4.78, 5) is 0. The molecule has 3 atom stereocenters. The van der Waals surface area contributed by atoms with E-state index in [4.69, 9.17) is 9.47 Å². The first kappa shape index (κ1) is 14.5. The van der Waals surface area contributed by atoms with E-state index < -0.39 is 0 Å². The van der Waals surface area contributed by atoms with Crippen molar-refractivity contribution >= 4 is 0 Å². The van der Waals surface area contributed by atoms with E-state index in [1.165, 1.54) is 11.1 Å². The van der Waals surface area contributed by atoms with Crippen LogP contribution < -0.4 is 5.32 Å². The average molecular weight is 263 g/mol. The van der Waals surface area contributed by atoms with Gasteiger partial charge in [0.1, 0.15) is 0 Å². The molecule has 0 radical (unpaired) electrons. The van der Waals surface area contributed by atoms with E-state index in [-0.39, 0.29) is 6.10 Å². The lowest BCUT2D eigenvalue weighted by Gasteiger charge is -2.36. The lowest BCUT2D eigenvalue weighted by Crippen LogP contribution is -2.37. The fraction of sp³-hybridized carbons (Fsp3) is 0.625. The summed E-state index contributed by atoms with van der Waals surface area (Å²) in [6, 6.07) is 9.00. The number of methoxy groups -OCH3 is 1. The third kappa shape index (κ3) is 3.35. The van der Waals surface area contributed by atoms with Crippen LogP contribution in [0.5, 0.6) is 0 Å². The van der Waals surface area contributed by atoms with Gasteiger partial charge in [0, 0.05) is 20.3 Å². The van der Waals surface area contributed by atoms with E-state index in [1.54, 1.807) is 7.11 Å². The summed E-state index contributed by atoms with van der Waals surface area (Å²) >= 11 is 0. The molecule has 3 unspecified atom stereocenters. The predicted octanol–water partition coefficient (Wildman–Crippen LogP) is 2.88. The standard InChI is InChI=1S/C16H25NO2/c1-12-11-15(19-10-6-9-18-3)16(17-2)14-8-5-4-7-13(12)14/h4-5,7-8,12,15-17H,6,9-11H2,1-3H3. The molecule has 0 saturated heterocycles. The first-order valence-electron chi connectivity index (χ1n) is 7.14. The van der Waals surface area contributed by atoms with Gasteiger partial charge in [0.05, 0.1) is 12.1 Å². The van der Waals surface area contributed by atoms with E-state index in [0.29, 0.717) is 12.0 Å². The van der Waals surface area contributed by atoms with Crippen molar-refractivity contribution in [1.82, 2.24) is 5.32 Å². The second kappa shape index (κ2) is 7.04. The maximum Gasteiger partial charge on any atom is 0.0775 e. The van der Waals surface area contributed by atoms with Gasteiger partial charge in [0.15, 0.2) is 0 Å². The van der Waals surface area contributed by atoms with Crippen LogP contribution in [0.4, 0.5) is 0 Å². The Morgan fingerprint density at radius 3 is 2.63 bits per heavy atom. The van der Waals surface area contributed by atoms with E-state index in [1.807, 2.05) is 7.05 Å². The van der Waals surface area contributed by atoms with Crippen molar-refractivity contribution in [3.63, 3.8) is 0 Å². The molecule has 0 heterocycles. The summed E-state index contributed by atoms with van der Waals surface area (Å²) in [5.41, 5.74) is 2.85. The molecule has 0 spiro atoms. The number of likely N-dealkylation sites (N-methyl/N-ethyl adjacent to an activating group) is 1. The van der Waals surface area contributed by atoms with Crippen molar-refractivity contribution in [1.29, 1.82) is 0 Å². The number of benzene rings is 1. The van der Waals surface area contributed by atoms with Gasteiger partial charge in [-0.2, -0.15) is 0 Å². The maximum atomic E-state index is 6.07. The third-order valence-electron chi connectivity index (χ3n) is 3.96. The molecule has 0 aromatic heterocycles. The Kier molecular flexibility index (Phi) is 5.37. The molecule has 3 nitrogen and oxygen atoms in total. The molecule has 1 N–H and O–H groups in total. The second-order valence-corrected chi connectivity index (χ2v) is 5.29. The molecular formula is C16H25NO2. The fourth-order valence-corrected chi connectivity index (χ4v) is 3.00. The van der Waals surface area contributed by atoms with Crippen molar-refractivity contribution < 1.29 is 9.47 Å². The van der Waals surface area contributed by atoms with E-state index in [0.717, 1.165) is 26.1 Å². The Balaban J connectivity index is 2.06. The zero-order valence-corrected chi connectivity index (χ0v) is 12.2. The van der Waals surface area contributed by atoms with Crippen molar-refractivity contribution in [3.8, 4) is 0 Å². The molecule has 106 valence electrons. The Hall–Kier alpha value is -0.900. The third-order valence-corrected chi connectivity index (χ3v) is 3.96. The van der Waals surface area contributed by atoms with Gasteiger partial charge in [-0.25, -0.2) is 0 Å². The maximum absolute atomic E-state index is 6.07. The number of fused-ring (bicyclic) bond motifs is 1. The van der Waals surface area contributed by atoms with Crippen LogP contribution in [0.15, 0.2) is 24.3 Å². The fourth-order valence-electron chi connectivity index (χ4n) is 3.00. The Morgan fingerprint density at radius 1 is 1.21 bits per heavy atom. The number of rotatable bonds is 6. The molecular weight excluding hydrogens is 238 g/mol. The molecule has 0 amide bonds. The molecule has 3 heteroatoms. The van der Waals surface area contributed by atoms with E-state index in [2.05, 4.69) is 36.5 Å². The number of hydrogen-bond acceptors (Lipinski definition) is 3. The van der Waals surface area contributed by atoms with Gasteiger partial charge in [-0.1, -0.05) is 31.2 Å². The summed E-state index contributed by atoms with van der Waals surface area (Å²) in [5, 5.41) is 3.42. The minimum Gasteiger partial charge on any atom is -0.385 e. The van der Waals surface area contributed by atoms with Crippen LogP contribution in [0.2, 0.25) is 0 Å². The summed E-state index contributed by atoms with van der Waals surface area (Å²) in [7, 11) is 3.75. The van der Waals surface area contributed by atoms with Gasteiger partial charge >= 0.3 is 0 Å². The Bertz CT molecular complexity index is 394. The minimum absolute atomic E-state index is 0.256. The number of hydrogen-bond donors (Lipinski definition) is 1. The van der Waals surface area contributed by atoms with Crippen LogP contribution >= 0.6 is 0 Å². The summed E-state index contributed by atoms with van der Waals surface area (Å²) in [6.07, 6.45) is 2.29. The summed E-state index contributed by atoms with van der Waals surface area (Å²) in [5.74, 6) is 0.563. The highest BCUT2D eigenvalue weighted by Gasteiger charge is 2.32. The van der Waals surface area contributed by atoms with Crippen LogP contribution in [-0.2, 0) is 9.47 Å². The van der Waals surface area contributed by atoms with Crippen LogP contribution in [0.25, 0.3) is 0 Å². The quantitative estimate of drug-likeness (QED) is 0.801. The van der Waals surface area contributed by atoms with Gasteiger partial charge in [-0.15, -0.1) is 0 Å². The Morgan fingerprint density at radius 2 is 1.95 bits per heavy atom. The van der Waals surface area contributed by atoms with Crippen LogP contribution in [0.3, 0.4) is 0 Å². The van der Waals surface area contributed by atoms with Crippen molar-refractivity contribution in [2.45, 2.75) is 37.8 Å². The molecule has 0 aliphatic heterocycles. The molecule has 0 fully saturated rings. The minimum atomic E-state index is 0.256. The second-order valence-electron chi connectivity index (χ2n) is 5.29. The first-order chi connectivity index (χ1) is 9.27. The zero-order chi connectivity index (χ0) is 13.7. The van der Waals surface area contributed by atoms with Gasteiger partial charge in [0.25, 0.3) is 0 Å². The molecule has 19 heavy (non-hydrogen) atoms.